The van der Waals surface area contributed by atoms with Gasteiger partial charge in [-0.25, -0.2) is 9.13 Å². The van der Waals surface area contributed by atoms with Crippen LogP contribution in [0, 0.1) is 0 Å². The second-order valence-corrected chi connectivity index (χ2v) is 12.8. The number of hydrogen-bond donors (Lipinski definition) is 0. The number of aromatic nitrogens is 2. The lowest BCUT2D eigenvalue weighted by molar-refractivity contribution is -0.697. The molecule has 3 rings (SSSR count). The van der Waals surface area contributed by atoms with E-state index in [0.717, 1.165) is 13.0 Å². The van der Waals surface area contributed by atoms with E-state index in [1.165, 1.54) is 120 Å². The lowest BCUT2D eigenvalue weighted by Crippen LogP contribution is -2.38. The van der Waals surface area contributed by atoms with E-state index in [2.05, 4.69) is 109 Å². The van der Waals surface area contributed by atoms with E-state index < -0.39 is 0 Å². The summed E-state index contributed by atoms with van der Waals surface area (Å²) >= 11 is 0. The van der Waals surface area contributed by atoms with Gasteiger partial charge in [-0.3, -0.25) is 0 Å². The molecule has 2 nitrogen and oxygen atoms in total. The van der Waals surface area contributed by atoms with Crippen LogP contribution in [0.25, 0.3) is 0 Å². The van der Waals surface area contributed by atoms with Gasteiger partial charge < -0.3 is 0 Å². The Bertz CT molecular complexity index is 1020. The number of unbranched alkanes of at least 4 members (excludes halogenated alkanes) is 14. The van der Waals surface area contributed by atoms with E-state index in [1.807, 2.05) is 0 Å². The molecule has 0 aliphatic carbocycles. The third-order valence-corrected chi connectivity index (χ3v) is 9.26. The number of aryl methyl sites for hydroxylation is 1. The molecule has 3 aromatic rings. The van der Waals surface area contributed by atoms with Crippen molar-refractivity contribution in [3.8, 4) is 0 Å². The first-order valence-electron chi connectivity index (χ1n) is 17.3. The Balaban J connectivity index is 1.63. The van der Waals surface area contributed by atoms with E-state index in [-0.39, 0.29) is 5.41 Å². The predicted octanol–water partition coefficient (Wildman–Crippen LogP) is 11.2. The van der Waals surface area contributed by atoms with Crippen molar-refractivity contribution in [2.45, 2.75) is 154 Å². The molecule has 0 radical (unpaired) electrons. The summed E-state index contributed by atoms with van der Waals surface area (Å²) in [5.74, 6) is 0. The van der Waals surface area contributed by atoms with Gasteiger partial charge in [0.2, 0.25) is 6.33 Å². The molecule has 0 fully saturated rings. The molecule has 0 aliphatic rings. The van der Waals surface area contributed by atoms with Gasteiger partial charge in [-0.15, -0.1) is 0 Å². The number of hydrogen-bond acceptors (Lipinski definition) is 0. The lowest BCUT2D eigenvalue weighted by atomic mass is 9.70. The van der Waals surface area contributed by atoms with Crippen LogP contribution in [0.1, 0.15) is 147 Å². The summed E-state index contributed by atoms with van der Waals surface area (Å²) in [4.78, 5) is 0. The molecule has 0 aliphatic heterocycles. The van der Waals surface area contributed by atoms with Crippen LogP contribution in [0.5, 0.6) is 0 Å². The Morgan fingerprint density at radius 3 is 1.73 bits per heavy atom. The molecule has 0 saturated carbocycles. The van der Waals surface area contributed by atoms with Crippen molar-refractivity contribution in [1.82, 2.24) is 4.57 Å². The molecular weight excluding hydrogens is 496 g/mol. The van der Waals surface area contributed by atoms with Gasteiger partial charge in [-0.2, -0.15) is 0 Å². The summed E-state index contributed by atoms with van der Waals surface area (Å²) in [6, 6.07) is 22.9. The van der Waals surface area contributed by atoms with Crippen LogP contribution in [0.15, 0.2) is 79.4 Å². The smallest absolute Gasteiger partial charge is 0.237 e. The molecule has 2 unspecified atom stereocenters. The highest BCUT2D eigenvalue weighted by Crippen LogP contribution is 2.41. The minimum absolute atomic E-state index is 0.0146. The maximum absolute atomic E-state index is 2.56. The zero-order chi connectivity index (χ0) is 29.0. The highest BCUT2D eigenvalue weighted by molar-refractivity contribution is 5.30. The van der Waals surface area contributed by atoms with E-state index in [0.29, 0.717) is 6.04 Å². The zero-order valence-electron chi connectivity index (χ0n) is 26.9. The van der Waals surface area contributed by atoms with Gasteiger partial charge in [-0.1, -0.05) is 165 Å². The monoisotopic (exact) mass is 557 g/mol. The SMILES string of the molecule is CCCCCCCCCCCCC[n+]1ccn(C(CCCCCCC)C(C)(Cc2ccccc2)c2ccccc2)c1. The molecule has 0 saturated heterocycles. The molecule has 226 valence electrons. The minimum Gasteiger partial charge on any atom is -0.237 e. The van der Waals surface area contributed by atoms with Crippen LogP contribution in [0.4, 0.5) is 0 Å². The zero-order valence-corrected chi connectivity index (χ0v) is 26.9. The molecule has 1 heterocycles. The molecule has 2 heteroatoms. The third kappa shape index (κ3) is 11.8. The summed E-state index contributed by atoms with van der Waals surface area (Å²) in [6.07, 6.45) is 31.4. The van der Waals surface area contributed by atoms with Crippen LogP contribution in [0.2, 0.25) is 0 Å². The normalized spacial score (nSPS) is 13.7. The maximum Gasteiger partial charge on any atom is 0.244 e. The fourth-order valence-electron chi connectivity index (χ4n) is 6.68. The fourth-order valence-corrected chi connectivity index (χ4v) is 6.68. The van der Waals surface area contributed by atoms with Gasteiger partial charge in [-0.05, 0) is 43.2 Å². The quantitative estimate of drug-likeness (QED) is 0.0810. The summed E-state index contributed by atoms with van der Waals surface area (Å²) < 4.78 is 5.01. The molecule has 0 amide bonds. The molecule has 1 aromatic heterocycles. The molecule has 0 N–H and O–H groups in total. The van der Waals surface area contributed by atoms with Gasteiger partial charge in [0.1, 0.15) is 18.4 Å². The van der Waals surface area contributed by atoms with Crippen LogP contribution in [-0.4, -0.2) is 4.57 Å². The standard InChI is InChI=1S/C39H61N2/c1-4-6-8-10-11-12-13-14-15-17-25-31-40-32-33-41(35-40)38(30-24-16-9-7-5-2)39(3,37-28-22-19-23-29-37)34-36-26-20-18-21-27-36/h18-23,26-29,32-33,35,38H,4-17,24-25,30-31,34H2,1-3H3/q+1. The largest absolute Gasteiger partial charge is 0.244 e. The molecule has 0 spiro atoms. The summed E-state index contributed by atoms with van der Waals surface area (Å²) in [5, 5.41) is 0. The molecule has 2 aromatic carbocycles. The minimum atomic E-state index is 0.0146. The van der Waals surface area contributed by atoms with Crippen molar-refractivity contribution in [3.05, 3.63) is 90.5 Å². The van der Waals surface area contributed by atoms with Gasteiger partial charge in [0.15, 0.2) is 0 Å². The second-order valence-electron chi connectivity index (χ2n) is 12.8. The van der Waals surface area contributed by atoms with Crippen molar-refractivity contribution < 1.29 is 4.57 Å². The van der Waals surface area contributed by atoms with E-state index in [1.54, 1.807) is 0 Å². The van der Waals surface area contributed by atoms with E-state index in [4.69, 9.17) is 0 Å². The van der Waals surface area contributed by atoms with Gasteiger partial charge in [0.05, 0.1) is 6.54 Å². The lowest BCUT2D eigenvalue weighted by Gasteiger charge is -2.37. The van der Waals surface area contributed by atoms with Crippen molar-refractivity contribution in [3.63, 3.8) is 0 Å². The highest BCUT2D eigenvalue weighted by atomic mass is 15.1. The summed E-state index contributed by atoms with van der Waals surface area (Å²) in [6.45, 7) is 8.26. The second kappa shape index (κ2) is 19.7. The van der Waals surface area contributed by atoms with Crippen LogP contribution >= 0.6 is 0 Å². The third-order valence-electron chi connectivity index (χ3n) is 9.26. The van der Waals surface area contributed by atoms with Gasteiger partial charge in [0.25, 0.3) is 0 Å². The fraction of sp³-hybridized carbons (Fsp3) is 0.615. The maximum atomic E-state index is 2.56. The first kappa shape index (κ1) is 33.2. The number of imidazole rings is 1. The average molecular weight is 558 g/mol. The molecule has 2 atom stereocenters. The van der Waals surface area contributed by atoms with E-state index >= 15 is 0 Å². The first-order chi connectivity index (χ1) is 20.2. The Hall–Kier alpha value is -2.35. The van der Waals surface area contributed by atoms with Crippen molar-refractivity contribution in [2.75, 3.05) is 0 Å². The van der Waals surface area contributed by atoms with Crippen molar-refractivity contribution >= 4 is 0 Å². The number of benzene rings is 2. The van der Waals surface area contributed by atoms with Crippen LogP contribution in [-0.2, 0) is 18.4 Å². The Kier molecular flexibility index (Phi) is 15.9. The van der Waals surface area contributed by atoms with Gasteiger partial charge in [0, 0.05) is 5.41 Å². The summed E-state index contributed by atoms with van der Waals surface area (Å²) in [5.41, 5.74) is 2.89. The number of nitrogens with zero attached hydrogens (tertiary/aromatic N) is 2. The highest BCUT2D eigenvalue weighted by Gasteiger charge is 2.40. The number of rotatable bonds is 23. The van der Waals surface area contributed by atoms with Crippen LogP contribution in [0.3, 0.4) is 0 Å². The average Bonchev–Trinajstić information content (AvgIpc) is 3.47. The Morgan fingerprint density at radius 1 is 0.634 bits per heavy atom. The Morgan fingerprint density at radius 2 is 1.15 bits per heavy atom. The Labute approximate surface area is 253 Å². The molecule has 0 bridgehead atoms. The van der Waals surface area contributed by atoms with Gasteiger partial charge >= 0.3 is 0 Å². The van der Waals surface area contributed by atoms with E-state index in [9.17, 15) is 0 Å². The first-order valence-corrected chi connectivity index (χ1v) is 17.3. The van der Waals surface area contributed by atoms with Crippen molar-refractivity contribution in [2.24, 2.45) is 0 Å². The van der Waals surface area contributed by atoms with Crippen LogP contribution < -0.4 is 4.57 Å². The molecular formula is C39H61N2+. The predicted molar refractivity (Wildman–Crippen MR) is 177 cm³/mol. The summed E-state index contributed by atoms with van der Waals surface area (Å²) in [7, 11) is 0. The topological polar surface area (TPSA) is 8.81 Å². The van der Waals surface area contributed by atoms with Crippen molar-refractivity contribution in [1.29, 1.82) is 0 Å². The molecule has 41 heavy (non-hydrogen) atoms.